The normalized spacial score (nSPS) is 11.4. The van der Waals surface area contributed by atoms with Gasteiger partial charge in [-0.15, -0.1) is 0 Å². The van der Waals surface area contributed by atoms with Gasteiger partial charge in [-0.1, -0.05) is 13.8 Å². The second-order valence-electron chi connectivity index (χ2n) is 5.10. The summed E-state index contributed by atoms with van der Waals surface area (Å²) in [5.74, 6) is 1.52. The van der Waals surface area contributed by atoms with Gasteiger partial charge in [-0.05, 0) is 18.4 Å². The van der Waals surface area contributed by atoms with E-state index in [1.165, 1.54) is 0 Å². The number of pyridine rings is 1. The Morgan fingerprint density at radius 3 is 2.95 bits per heavy atom. The van der Waals surface area contributed by atoms with E-state index in [4.69, 9.17) is 4.74 Å². The number of imidazole rings is 1. The first-order chi connectivity index (χ1) is 9.18. The first kappa shape index (κ1) is 13.8. The Labute approximate surface area is 114 Å². The molecular weight excluding hydrogens is 240 g/mol. The second kappa shape index (κ2) is 6.52. The van der Waals surface area contributed by atoms with Crippen LogP contribution in [0.1, 0.15) is 20.3 Å². The van der Waals surface area contributed by atoms with E-state index in [1.54, 1.807) is 12.5 Å². The van der Waals surface area contributed by atoms with Gasteiger partial charge in [0.2, 0.25) is 0 Å². The molecule has 2 heterocycles. The van der Waals surface area contributed by atoms with E-state index in [0.717, 1.165) is 36.4 Å². The van der Waals surface area contributed by atoms with Gasteiger partial charge in [-0.3, -0.25) is 0 Å². The van der Waals surface area contributed by atoms with Gasteiger partial charge in [0.15, 0.2) is 5.82 Å². The van der Waals surface area contributed by atoms with Crippen LogP contribution in [0.2, 0.25) is 0 Å². The summed E-state index contributed by atoms with van der Waals surface area (Å²) in [6.45, 7) is 6.67. The first-order valence-corrected chi connectivity index (χ1v) is 6.76. The average molecular weight is 262 g/mol. The molecule has 0 amide bonds. The number of nitrogens with zero attached hydrogens (tertiary/aromatic N) is 3. The molecule has 0 fully saturated rings. The second-order valence-corrected chi connectivity index (χ2v) is 5.10. The third-order valence-electron chi connectivity index (χ3n) is 3.02. The molecule has 5 nitrogen and oxygen atoms in total. The lowest BCUT2D eigenvalue weighted by molar-refractivity contribution is 0.132. The quantitative estimate of drug-likeness (QED) is 0.779. The van der Waals surface area contributed by atoms with E-state index in [2.05, 4.69) is 29.1 Å². The van der Waals surface area contributed by atoms with E-state index in [9.17, 15) is 0 Å². The molecular formula is C14H22N4O. The molecule has 0 aliphatic rings. The molecule has 0 bridgehead atoms. The minimum absolute atomic E-state index is 0.692. The molecule has 0 unspecified atom stereocenters. The summed E-state index contributed by atoms with van der Waals surface area (Å²) in [6.07, 6.45) is 4.71. The van der Waals surface area contributed by atoms with Crippen molar-refractivity contribution in [1.82, 2.24) is 14.5 Å². The van der Waals surface area contributed by atoms with Crippen LogP contribution in [0.4, 0.5) is 5.82 Å². The average Bonchev–Trinajstić information content (AvgIpc) is 2.76. The van der Waals surface area contributed by atoms with Crippen molar-refractivity contribution in [2.24, 2.45) is 13.0 Å². The highest BCUT2D eigenvalue weighted by molar-refractivity contribution is 5.85. The molecule has 0 aliphatic carbocycles. The van der Waals surface area contributed by atoms with Crippen molar-refractivity contribution in [1.29, 1.82) is 0 Å². The molecule has 19 heavy (non-hydrogen) atoms. The number of fused-ring (bicyclic) bond motifs is 1. The lowest BCUT2D eigenvalue weighted by atomic mass is 10.1. The molecule has 0 saturated heterocycles. The van der Waals surface area contributed by atoms with E-state index in [-0.39, 0.29) is 0 Å². The summed E-state index contributed by atoms with van der Waals surface area (Å²) in [4.78, 5) is 8.68. The molecule has 0 atom stereocenters. The molecule has 0 saturated carbocycles. The summed E-state index contributed by atoms with van der Waals surface area (Å²) < 4.78 is 7.56. The van der Waals surface area contributed by atoms with Crippen molar-refractivity contribution in [3.05, 3.63) is 18.6 Å². The van der Waals surface area contributed by atoms with Crippen molar-refractivity contribution < 1.29 is 4.74 Å². The third kappa shape index (κ3) is 3.67. The van der Waals surface area contributed by atoms with Crippen molar-refractivity contribution in [3.8, 4) is 0 Å². The minimum Gasteiger partial charge on any atom is -0.380 e. The highest BCUT2D eigenvalue weighted by atomic mass is 16.5. The van der Waals surface area contributed by atoms with Gasteiger partial charge >= 0.3 is 0 Å². The Morgan fingerprint density at radius 1 is 1.32 bits per heavy atom. The number of anilines is 1. The van der Waals surface area contributed by atoms with E-state index in [1.807, 2.05) is 17.7 Å². The van der Waals surface area contributed by atoms with Crippen LogP contribution in [0, 0.1) is 5.92 Å². The standard InChI is InChI=1S/C14H22N4O/c1-11(2)5-8-19-9-7-16-14-13-12(4-6-15-14)18(3)10-17-13/h4,6,10-11H,5,7-9H2,1-3H3,(H,15,16). The predicted molar refractivity (Wildman–Crippen MR) is 77.3 cm³/mol. The number of rotatable bonds is 7. The molecule has 2 rings (SSSR count). The third-order valence-corrected chi connectivity index (χ3v) is 3.02. The van der Waals surface area contributed by atoms with Crippen LogP contribution in [-0.2, 0) is 11.8 Å². The highest BCUT2D eigenvalue weighted by Crippen LogP contribution is 2.17. The van der Waals surface area contributed by atoms with Crippen molar-refractivity contribution in [2.75, 3.05) is 25.1 Å². The Bertz CT molecular complexity index is 521. The van der Waals surface area contributed by atoms with Crippen LogP contribution in [0.25, 0.3) is 11.0 Å². The van der Waals surface area contributed by atoms with Crippen LogP contribution in [-0.4, -0.2) is 34.3 Å². The summed E-state index contributed by atoms with van der Waals surface area (Å²) in [6, 6.07) is 1.96. The largest absolute Gasteiger partial charge is 0.380 e. The minimum atomic E-state index is 0.692. The Hall–Kier alpha value is -1.62. The predicted octanol–water partition coefficient (Wildman–Crippen LogP) is 2.44. The Balaban J connectivity index is 1.82. The van der Waals surface area contributed by atoms with Crippen LogP contribution in [0.5, 0.6) is 0 Å². The summed E-state index contributed by atoms with van der Waals surface area (Å²) in [7, 11) is 1.98. The van der Waals surface area contributed by atoms with Gasteiger partial charge < -0.3 is 14.6 Å². The van der Waals surface area contributed by atoms with E-state index >= 15 is 0 Å². The molecule has 0 radical (unpaired) electrons. The van der Waals surface area contributed by atoms with Gasteiger partial charge in [0.25, 0.3) is 0 Å². The summed E-state index contributed by atoms with van der Waals surface area (Å²) in [5.41, 5.74) is 1.99. The smallest absolute Gasteiger partial charge is 0.154 e. The van der Waals surface area contributed by atoms with Crippen LogP contribution in [0.3, 0.4) is 0 Å². The fourth-order valence-corrected chi connectivity index (χ4v) is 1.85. The molecule has 0 aliphatic heterocycles. The summed E-state index contributed by atoms with van der Waals surface area (Å²) >= 11 is 0. The molecule has 2 aromatic rings. The van der Waals surface area contributed by atoms with E-state index < -0.39 is 0 Å². The fourth-order valence-electron chi connectivity index (χ4n) is 1.85. The maximum Gasteiger partial charge on any atom is 0.154 e. The van der Waals surface area contributed by atoms with Crippen LogP contribution < -0.4 is 5.32 Å². The zero-order valence-corrected chi connectivity index (χ0v) is 11.9. The number of nitrogens with one attached hydrogen (secondary N) is 1. The number of hydrogen-bond acceptors (Lipinski definition) is 4. The summed E-state index contributed by atoms with van der Waals surface area (Å²) in [5, 5.41) is 3.28. The molecule has 2 aromatic heterocycles. The SMILES string of the molecule is CC(C)CCOCCNc1nccc2c1ncn2C. The number of hydrogen-bond donors (Lipinski definition) is 1. The molecule has 0 spiro atoms. The zero-order valence-electron chi connectivity index (χ0n) is 11.9. The van der Waals surface area contributed by atoms with Gasteiger partial charge in [-0.2, -0.15) is 0 Å². The molecule has 0 aromatic carbocycles. The Kier molecular flexibility index (Phi) is 4.74. The number of ether oxygens (including phenoxy) is 1. The van der Waals surface area contributed by atoms with Crippen molar-refractivity contribution in [2.45, 2.75) is 20.3 Å². The van der Waals surface area contributed by atoms with Gasteiger partial charge in [-0.25, -0.2) is 9.97 Å². The lowest BCUT2D eigenvalue weighted by Crippen LogP contribution is -2.12. The number of aromatic nitrogens is 3. The van der Waals surface area contributed by atoms with Gasteiger partial charge in [0.05, 0.1) is 18.5 Å². The van der Waals surface area contributed by atoms with Crippen molar-refractivity contribution in [3.63, 3.8) is 0 Å². The van der Waals surface area contributed by atoms with Gasteiger partial charge in [0, 0.05) is 26.4 Å². The molecule has 5 heteroatoms. The van der Waals surface area contributed by atoms with Gasteiger partial charge in [0.1, 0.15) is 5.52 Å². The van der Waals surface area contributed by atoms with E-state index in [0.29, 0.717) is 12.5 Å². The number of aryl methyl sites for hydroxylation is 1. The Morgan fingerprint density at radius 2 is 2.16 bits per heavy atom. The first-order valence-electron chi connectivity index (χ1n) is 6.76. The highest BCUT2D eigenvalue weighted by Gasteiger charge is 2.05. The lowest BCUT2D eigenvalue weighted by Gasteiger charge is -2.08. The maximum absolute atomic E-state index is 5.57. The maximum atomic E-state index is 5.57. The zero-order chi connectivity index (χ0) is 13.7. The van der Waals surface area contributed by atoms with Crippen LogP contribution in [0.15, 0.2) is 18.6 Å². The topological polar surface area (TPSA) is 52.0 Å². The monoisotopic (exact) mass is 262 g/mol. The molecule has 1 N–H and O–H groups in total. The van der Waals surface area contributed by atoms with Crippen molar-refractivity contribution >= 4 is 16.9 Å². The van der Waals surface area contributed by atoms with Crippen LogP contribution >= 0.6 is 0 Å². The fraction of sp³-hybridized carbons (Fsp3) is 0.571. The molecule has 104 valence electrons.